The number of thiophene rings is 1. The third kappa shape index (κ3) is 5.71. The Bertz CT molecular complexity index is 3210. The highest BCUT2D eigenvalue weighted by Crippen LogP contribution is 2.44. The van der Waals surface area contributed by atoms with Gasteiger partial charge in [-0.05, 0) is 100 Å². The van der Waals surface area contributed by atoms with E-state index in [0.29, 0.717) is 0 Å². The highest BCUT2D eigenvalue weighted by molar-refractivity contribution is 7.26. The molecule has 0 amide bonds. The fourth-order valence-corrected chi connectivity index (χ4v) is 9.81. The first-order valence-corrected chi connectivity index (χ1v) is 20.2. The average Bonchev–Trinajstić information content (AvgIpc) is 3.84. The van der Waals surface area contributed by atoms with Crippen molar-refractivity contribution in [1.82, 2.24) is 4.57 Å². The lowest BCUT2D eigenvalue weighted by molar-refractivity contribution is 1.18. The van der Waals surface area contributed by atoms with E-state index in [4.69, 9.17) is 0 Å². The van der Waals surface area contributed by atoms with Crippen LogP contribution in [0.1, 0.15) is 0 Å². The van der Waals surface area contributed by atoms with Crippen LogP contribution in [0, 0.1) is 0 Å². The monoisotopic (exact) mass is 744 g/mol. The fraction of sp³-hybridized carbons (Fsp3) is 0. The summed E-state index contributed by atoms with van der Waals surface area (Å²) in [5.41, 5.74) is 14.1. The molecule has 2 aromatic heterocycles. The van der Waals surface area contributed by atoms with Gasteiger partial charge in [0.15, 0.2) is 0 Å². The molecule has 3 heteroatoms. The summed E-state index contributed by atoms with van der Waals surface area (Å²) in [5.74, 6) is 0. The lowest BCUT2D eigenvalue weighted by Gasteiger charge is -2.26. The van der Waals surface area contributed by atoms with Crippen LogP contribution < -0.4 is 4.90 Å². The van der Waals surface area contributed by atoms with Crippen LogP contribution in [0.15, 0.2) is 218 Å². The summed E-state index contributed by atoms with van der Waals surface area (Å²) in [6.07, 6.45) is 0. The molecule has 0 spiro atoms. The van der Waals surface area contributed by atoms with Crippen LogP contribution in [-0.4, -0.2) is 4.57 Å². The first kappa shape index (κ1) is 33.2. The van der Waals surface area contributed by atoms with Crippen LogP contribution in [-0.2, 0) is 0 Å². The van der Waals surface area contributed by atoms with E-state index >= 15 is 0 Å². The topological polar surface area (TPSA) is 8.17 Å². The number of rotatable bonds is 7. The largest absolute Gasteiger partial charge is 0.310 e. The minimum Gasteiger partial charge on any atom is -0.310 e. The Morgan fingerprint density at radius 2 is 0.912 bits per heavy atom. The molecule has 0 aliphatic carbocycles. The molecule has 0 unspecified atom stereocenters. The SMILES string of the molecule is c1ccc(-c2ccc(N(c3ccc(-c4cccc5c4sc4ccccc45)cc3)c3cccc(-c4cccc5c4c4ccccc4n5-c4ccccc4)c3)cc2)cc1. The second-order valence-electron chi connectivity index (χ2n) is 14.5. The molecular weight excluding hydrogens is 709 g/mol. The normalized spacial score (nSPS) is 11.5. The smallest absolute Gasteiger partial charge is 0.0547 e. The zero-order chi connectivity index (χ0) is 37.7. The van der Waals surface area contributed by atoms with Gasteiger partial charge >= 0.3 is 0 Å². The quantitative estimate of drug-likeness (QED) is 0.158. The van der Waals surface area contributed by atoms with Crippen LogP contribution >= 0.6 is 11.3 Å². The molecule has 2 heterocycles. The zero-order valence-corrected chi connectivity index (χ0v) is 31.9. The number of aromatic nitrogens is 1. The predicted molar refractivity (Wildman–Crippen MR) is 245 cm³/mol. The van der Waals surface area contributed by atoms with Gasteiger partial charge in [0.2, 0.25) is 0 Å². The van der Waals surface area contributed by atoms with Crippen molar-refractivity contribution in [2.75, 3.05) is 4.90 Å². The Hall–Kier alpha value is -7.20. The Balaban J connectivity index is 1.05. The first-order chi connectivity index (χ1) is 28.3. The maximum absolute atomic E-state index is 2.39. The van der Waals surface area contributed by atoms with E-state index in [1.165, 1.54) is 75.4 Å². The Labute approximate surface area is 335 Å². The van der Waals surface area contributed by atoms with Crippen LogP contribution in [0.25, 0.3) is 81.0 Å². The molecule has 0 atom stereocenters. The molecule has 0 aliphatic heterocycles. The maximum atomic E-state index is 2.39. The summed E-state index contributed by atoms with van der Waals surface area (Å²) in [6.45, 7) is 0. The van der Waals surface area contributed by atoms with Crippen molar-refractivity contribution < 1.29 is 0 Å². The van der Waals surface area contributed by atoms with Crippen molar-refractivity contribution in [1.29, 1.82) is 0 Å². The standard InChI is InChI=1S/C54H36N2S/c1-3-14-37(15-4-1)38-28-32-42(33-29-38)55(43-34-30-39(31-35-43)46-23-12-24-48-47-20-8-10-27-52(47)57-54(46)48)44-19-11-16-40(36-44)45-22-13-26-51-53(45)49-21-7-9-25-50(49)56(51)41-17-5-2-6-18-41/h1-36H. The van der Waals surface area contributed by atoms with E-state index in [1.54, 1.807) is 0 Å². The number of nitrogens with zero attached hydrogens (tertiary/aromatic N) is 2. The van der Waals surface area contributed by atoms with Crippen molar-refractivity contribution in [2.24, 2.45) is 0 Å². The fourth-order valence-electron chi connectivity index (χ4n) is 8.57. The van der Waals surface area contributed by atoms with E-state index < -0.39 is 0 Å². The molecule has 0 bridgehead atoms. The molecule has 11 aromatic rings. The summed E-state index contributed by atoms with van der Waals surface area (Å²) >= 11 is 1.88. The lowest BCUT2D eigenvalue weighted by Crippen LogP contribution is -2.10. The van der Waals surface area contributed by atoms with E-state index in [0.717, 1.165) is 22.7 Å². The van der Waals surface area contributed by atoms with Gasteiger partial charge in [0.05, 0.1) is 11.0 Å². The molecule has 0 N–H and O–H groups in total. The molecule has 0 saturated heterocycles. The Morgan fingerprint density at radius 3 is 1.70 bits per heavy atom. The summed E-state index contributed by atoms with van der Waals surface area (Å²) in [4.78, 5) is 2.38. The highest BCUT2D eigenvalue weighted by Gasteiger charge is 2.19. The molecule has 2 nitrogen and oxygen atoms in total. The first-order valence-electron chi connectivity index (χ1n) is 19.4. The predicted octanol–water partition coefficient (Wildman–Crippen LogP) is 15.6. The van der Waals surface area contributed by atoms with Crippen molar-refractivity contribution in [3.8, 4) is 39.1 Å². The van der Waals surface area contributed by atoms with Gasteiger partial charge in [-0.2, -0.15) is 0 Å². The second kappa shape index (κ2) is 13.8. The number of hydrogen-bond donors (Lipinski definition) is 0. The van der Waals surface area contributed by atoms with Gasteiger partial charge in [-0.15, -0.1) is 11.3 Å². The van der Waals surface area contributed by atoms with Crippen molar-refractivity contribution in [3.63, 3.8) is 0 Å². The van der Waals surface area contributed by atoms with Crippen LogP contribution in [0.2, 0.25) is 0 Å². The van der Waals surface area contributed by atoms with Gasteiger partial charge in [-0.3, -0.25) is 0 Å². The molecule has 9 aromatic carbocycles. The third-order valence-corrected chi connectivity index (χ3v) is 12.4. The summed E-state index contributed by atoms with van der Waals surface area (Å²) in [7, 11) is 0. The van der Waals surface area contributed by atoms with E-state index in [1.807, 2.05) is 11.3 Å². The summed E-state index contributed by atoms with van der Waals surface area (Å²) in [6, 6.07) is 79.3. The summed E-state index contributed by atoms with van der Waals surface area (Å²) < 4.78 is 5.04. The Morgan fingerprint density at radius 1 is 0.351 bits per heavy atom. The van der Waals surface area contributed by atoms with Crippen LogP contribution in [0.4, 0.5) is 17.1 Å². The molecule has 0 fully saturated rings. The number of fused-ring (bicyclic) bond motifs is 6. The molecule has 0 radical (unpaired) electrons. The highest BCUT2D eigenvalue weighted by atomic mass is 32.1. The number of benzene rings is 9. The van der Waals surface area contributed by atoms with Gasteiger partial charge in [0, 0.05) is 53.7 Å². The molecule has 0 aliphatic rings. The van der Waals surface area contributed by atoms with E-state index in [2.05, 4.69) is 228 Å². The van der Waals surface area contributed by atoms with Crippen molar-refractivity contribution in [3.05, 3.63) is 218 Å². The van der Waals surface area contributed by atoms with E-state index in [-0.39, 0.29) is 0 Å². The molecule has 57 heavy (non-hydrogen) atoms. The van der Waals surface area contributed by atoms with Gasteiger partial charge in [-0.25, -0.2) is 0 Å². The minimum atomic E-state index is 1.10. The Kier molecular flexibility index (Phi) is 8.04. The molecule has 268 valence electrons. The average molecular weight is 745 g/mol. The number of para-hydroxylation sites is 2. The van der Waals surface area contributed by atoms with Gasteiger partial charge in [-0.1, -0.05) is 152 Å². The lowest BCUT2D eigenvalue weighted by atomic mass is 9.98. The number of hydrogen-bond acceptors (Lipinski definition) is 2. The molecule has 11 rings (SSSR count). The maximum Gasteiger partial charge on any atom is 0.0547 e. The van der Waals surface area contributed by atoms with Gasteiger partial charge in [0.1, 0.15) is 0 Å². The summed E-state index contributed by atoms with van der Waals surface area (Å²) in [5, 5.41) is 5.14. The molecule has 0 saturated carbocycles. The van der Waals surface area contributed by atoms with Crippen molar-refractivity contribution in [2.45, 2.75) is 0 Å². The second-order valence-corrected chi connectivity index (χ2v) is 15.6. The zero-order valence-electron chi connectivity index (χ0n) is 31.1. The van der Waals surface area contributed by atoms with Gasteiger partial charge < -0.3 is 9.47 Å². The number of anilines is 3. The molecular formula is C54H36N2S. The van der Waals surface area contributed by atoms with Crippen LogP contribution in [0.5, 0.6) is 0 Å². The van der Waals surface area contributed by atoms with Crippen molar-refractivity contribution >= 4 is 70.4 Å². The van der Waals surface area contributed by atoms with Gasteiger partial charge in [0.25, 0.3) is 0 Å². The third-order valence-electron chi connectivity index (χ3n) is 11.2. The van der Waals surface area contributed by atoms with E-state index in [9.17, 15) is 0 Å². The minimum absolute atomic E-state index is 1.10. The van der Waals surface area contributed by atoms with Crippen LogP contribution in [0.3, 0.4) is 0 Å².